The average Bonchev–Trinajstić information content (AvgIpc) is 2.46. The number of carbonyl (C=O) groups excluding carboxylic acids is 1. The third kappa shape index (κ3) is 5.21. The summed E-state index contributed by atoms with van der Waals surface area (Å²) in [6, 6.07) is 8.33. The van der Waals surface area contributed by atoms with E-state index in [4.69, 9.17) is 4.74 Å². The molecule has 1 aliphatic heterocycles. The van der Waals surface area contributed by atoms with Crippen molar-refractivity contribution < 1.29 is 9.53 Å². The first-order chi connectivity index (χ1) is 9.74. The second-order valence-corrected chi connectivity index (χ2v) is 5.36. The largest absolute Gasteiger partial charge is 0.494 e. The van der Waals surface area contributed by atoms with Crippen molar-refractivity contribution in [2.75, 3.05) is 19.7 Å². The fourth-order valence-corrected chi connectivity index (χ4v) is 2.32. The van der Waals surface area contributed by atoms with Gasteiger partial charge in [-0.1, -0.05) is 17.7 Å². The van der Waals surface area contributed by atoms with Gasteiger partial charge in [-0.15, -0.1) is 0 Å². The number of rotatable bonds is 6. The van der Waals surface area contributed by atoms with Gasteiger partial charge in [-0.25, -0.2) is 0 Å². The molecule has 0 aliphatic carbocycles. The van der Waals surface area contributed by atoms with Gasteiger partial charge in [0.05, 0.1) is 6.61 Å². The Labute approximate surface area is 120 Å². The number of aryl methyl sites for hydroxylation is 1. The van der Waals surface area contributed by atoms with Gasteiger partial charge in [0.2, 0.25) is 5.91 Å². The van der Waals surface area contributed by atoms with Gasteiger partial charge >= 0.3 is 0 Å². The van der Waals surface area contributed by atoms with Gasteiger partial charge in [0.25, 0.3) is 0 Å². The van der Waals surface area contributed by atoms with Crippen LogP contribution in [0.4, 0.5) is 0 Å². The lowest BCUT2D eigenvalue weighted by molar-refractivity contribution is -0.122. The van der Waals surface area contributed by atoms with E-state index in [2.05, 4.69) is 17.6 Å². The minimum atomic E-state index is 0.143. The summed E-state index contributed by atoms with van der Waals surface area (Å²) in [5.41, 5.74) is 1.22. The lowest BCUT2D eigenvalue weighted by atomic mass is 10.1. The van der Waals surface area contributed by atoms with Gasteiger partial charge in [-0.05, 0) is 51.4 Å². The number of amides is 1. The van der Waals surface area contributed by atoms with E-state index in [0.717, 1.165) is 38.1 Å². The zero-order valence-electron chi connectivity index (χ0n) is 12.2. The van der Waals surface area contributed by atoms with E-state index < -0.39 is 0 Å². The summed E-state index contributed by atoms with van der Waals surface area (Å²) < 4.78 is 5.61. The first kappa shape index (κ1) is 14.9. The van der Waals surface area contributed by atoms with Gasteiger partial charge in [-0.3, -0.25) is 4.79 Å². The molecule has 1 aromatic rings. The first-order valence-electron chi connectivity index (χ1n) is 7.43. The Morgan fingerprint density at radius 1 is 1.30 bits per heavy atom. The number of carbonyl (C=O) groups is 1. The topological polar surface area (TPSA) is 50.4 Å². The van der Waals surface area contributed by atoms with Crippen molar-refractivity contribution in [2.45, 2.75) is 38.6 Å². The Hall–Kier alpha value is -1.55. The molecule has 1 aliphatic rings. The standard InChI is InChI=1S/C16H24N2O2/c1-13-4-6-15(7-5-13)20-12-2-3-16(19)18-14-8-10-17-11-9-14/h4-7,14,17H,2-3,8-12H2,1H3,(H,18,19). The second-order valence-electron chi connectivity index (χ2n) is 5.36. The number of benzene rings is 1. The van der Waals surface area contributed by atoms with E-state index in [1.165, 1.54) is 5.56 Å². The average molecular weight is 276 g/mol. The van der Waals surface area contributed by atoms with Crippen molar-refractivity contribution in [1.29, 1.82) is 0 Å². The quantitative estimate of drug-likeness (QED) is 0.782. The minimum absolute atomic E-state index is 0.143. The van der Waals surface area contributed by atoms with Crippen LogP contribution in [-0.2, 0) is 4.79 Å². The maximum absolute atomic E-state index is 11.8. The lowest BCUT2D eigenvalue weighted by Crippen LogP contribution is -2.42. The lowest BCUT2D eigenvalue weighted by Gasteiger charge is -2.23. The van der Waals surface area contributed by atoms with Gasteiger partial charge in [-0.2, -0.15) is 0 Å². The molecule has 2 rings (SSSR count). The summed E-state index contributed by atoms with van der Waals surface area (Å²) >= 11 is 0. The van der Waals surface area contributed by atoms with Crippen LogP contribution in [-0.4, -0.2) is 31.6 Å². The molecule has 4 heteroatoms. The Kier molecular flexibility index (Phi) is 5.87. The summed E-state index contributed by atoms with van der Waals surface area (Å²) in [6.07, 6.45) is 3.36. The van der Waals surface area contributed by atoms with Crippen LogP contribution in [0.1, 0.15) is 31.2 Å². The van der Waals surface area contributed by atoms with Gasteiger partial charge in [0, 0.05) is 12.5 Å². The molecule has 110 valence electrons. The molecule has 1 fully saturated rings. The second kappa shape index (κ2) is 7.90. The molecule has 0 bridgehead atoms. The fourth-order valence-electron chi connectivity index (χ4n) is 2.32. The number of piperidine rings is 1. The highest BCUT2D eigenvalue weighted by molar-refractivity contribution is 5.76. The van der Waals surface area contributed by atoms with E-state index in [1.807, 2.05) is 24.3 Å². The molecule has 1 saturated heterocycles. The molecule has 1 amide bonds. The highest BCUT2D eigenvalue weighted by atomic mass is 16.5. The molecule has 0 unspecified atom stereocenters. The van der Waals surface area contributed by atoms with E-state index in [-0.39, 0.29) is 5.91 Å². The van der Waals surface area contributed by atoms with Crippen molar-refractivity contribution in [2.24, 2.45) is 0 Å². The molecule has 20 heavy (non-hydrogen) atoms. The molecule has 2 N–H and O–H groups in total. The van der Waals surface area contributed by atoms with Crippen molar-refractivity contribution in [3.8, 4) is 5.75 Å². The van der Waals surface area contributed by atoms with Gasteiger partial charge < -0.3 is 15.4 Å². The summed E-state index contributed by atoms with van der Waals surface area (Å²) in [5, 5.41) is 6.38. The molecule has 4 nitrogen and oxygen atoms in total. The maximum atomic E-state index is 11.8. The highest BCUT2D eigenvalue weighted by Crippen LogP contribution is 2.11. The molecule has 1 heterocycles. The molecule has 0 atom stereocenters. The minimum Gasteiger partial charge on any atom is -0.494 e. The number of ether oxygens (including phenoxy) is 1. The van der Waals surface area contributed by atoms with Crippen LogP contribution in [0, 0.1) is 6.92 Å². The van der Waals surface area contributed by atoms with E-state index in [9.17, 15) is 4.79 Å². The summed E-state index contributed by atoms with van der Waals surface area (Å²) in [5.74, 6) is 1.01. The van der Waals surface area contributed by atoms with Crippen LogP contribution in [0.3, 0.4) is 0 Å². The van der Waals surface area contributed by atoms with Crippen LogP contribution in [0.25, 0.3) is 0 Å². The zero-order chi connectivity index (χ0) is 14.2. The Morgan fingerprint density at radius 2 is 2.00 bits per heavy atom. The highest BCUT2D eigenvalue weighted by Gasteiger charge is 2.14. The first-order valence-corrected chi connectivity index (χ1v) is 7.43. The van der Waals surface area contributed by atoms with Crippen molar-refractivity contribution in [1.82, 2.24) is 10.6 Å². The molecule has 1 aromatic carbocycles. The van der Waals surface area contributed by atoms with Gasteiger partial charge in [0.15, 0.2) is 0 Å². The van der Waals surface area contributed by atoms with Crippen LogP contribution in [0.15, 0.2) is 24.3 Å². The van der Waals surface area contributed by atoms with Crippen LogP contribution >= 0.6 is 0 Å². The van der Waals surface area contributed by atoms with E-state index >= 15 is 0 Å². The SMILES string of the molecule is Cc1ccc(OCCCC(=O)NC2CCNCC2)cc1. The molecule has 0 aromatic heterocycles. The molecular formula is C16H24N2O2. The monoisotopic (exact) mass is 276 g/mol. The normalized spacial score (nSPS) is 15.8. The number of nitrogens with one attached hydrogen (secondary N) is 2. The summed E-state index contributed by atoms with van der Waals surface area (Å²) in [7, 11) is 0. The maximum Gasteiger partial charge on any atom is 0.220 e. The molecule has 0 saturated carbocycles. The predicted molar refractivity (Wildman–Crippen MR) is 79.9 cm³/mol. The Balaban J connectivity index is 1.58. The summed E-state index contributed by atoms with van der Waals surface area (Å²) in [6.45, 7) is 4.64. The molecule has 0 spiro atoms. The van der Waals surface area contributed by atoms with Crippen molar-refractivity contribution >= 4 is 5.91 Å². The fraction of sp³-hybridized carbons (Fsp3) is 0.562. The number of hydrogen-bond acceptors (Lipinski definition) is 3. The number of hydrogen-bond donors (Lipinski definition) is 2. The van der Waals surface area contributed by atoms with Crippen molar-refractivity contribution in [3.63, 3.8) is 0 Å². The van der Waals surface area contributed by atoms with Crippen LogP contribution in [0.2, 0.25) is 0 Å². The Bertz CT molecular complexity index is 411. The van der Waals surface area contributed by atoms with E-state index in [1.54, 1.807) is 0 Å². The van der Waals surface area contributed by atoms with E-state index in [0.29, 0.717) is 19.1 Å². The third-order valence-electron chi connectivity index (χ3n) is 3.54. The van der Waals surface area contributed by atoms with Crippen LogP contribution in [0.5, 0.6) is 5.75 Å². The third-order valence-corrected chi connectivity index (χ3v) is 3.54. The molecule has 0 radical (unpaired) electrons. The molecular weight excluding hydrogens is 252 g/mol. The smallest absolute Gasteiger partial charge is 0.220 e. The van der Waals surface area contributed by atoms with Crippen LogP contribution < -0.4 is 15.4 Å². The van der Waals surface area contributed by atoms with Gasteiger partial charge in [0.1, 0.15) is 5.75 Å². The zero-order valence-corrected chi connectivity index (χ0v) is 12.2. The summed E-state index contributed by atoms with van der Waals surface area (Å²) in [4.78, 5) is 11.8. The Morgan fingerprint density at radius 3 is 2.70 bits per heavy atom. The van der Waals surface area contributed by atoms with Crippen molar-refractivity contribution in [3.05, 3.63) is 29.8 Å². The predicted octanol–water partition coefficient (Wildman–Crippen LogP) is 2.02.